The van der Waals surface area contributed by atoms with Crippen LogP contribution in [0.2, 0.25) is 0 Å². The van der Waals surface area contributed by atoms with Crippen molar-refractivity contribution >= 4 is 23.4 Å². The Morgan fingerprint density at radius 2 is 1.84 bits per heavy atom. The lowest BCUT2D eigenvalue weighted by Gasteiger charge is -2.32. The maximum Gasteiger partial charge on any atom is 0.233 e. The lowest BCUT2D eigenvalue weighted by molar-refractivity contribution is -0.129. The van der Waals surface area contributed by atoms with Crippen molar-refractivity contribution < 1.29 is 4.79 Å². The number of benzene rings is 1. The third-order valence-corrected chi connectivity index (χ3v) is 5.33. The molecule has 2 N–H and O–H groups in total. The first kappa shape index (κ1) is 17.8. The van der Waals surface area contributed by atoms with E-state index in [2.05, 4.69) is 29.1 Å². The molecule has 25 heavy (non-hydrogen) atoms. The summed E-state index contributed by atoms with van der Waals surface area (Å²) in [5.74, 6) is 1.36. The van der Waals surface area contributed by atoms with Crippen LogP contribution in [-0.2, 0) is 11.3 Å². The number of hydrogen-bond donors (Lipinski definition) is 1. The number of aromatic nitrogens is 3. The van der Waals surface area contributed by atoms with E-state index in [0.717, 1.165) is 55.0 Å². The third-order valence-electron chi connectivity index (χ3n) is 4.38. The van der Waals surface area contributed by atoms with Crippen LogP contribution in [0.15, 0.2) is 29.4 Å². The molecule has 8 heteroatoms. The zero-order chi connectivity index (χ0) is 17.8. The zero-order valence-corrected chi connectivity index (χ0v) is 15.5. The number of nitrogen functional groups attached to an aromatic ring is 1. The molecule has 134 valence electrons. The minimum atomic E-state index is 0.165. The predicted molar refractivity (Wildman–Crippen MR) is 100 cm³/mol. The van der Waals surface area contributed by atoms with Gasteiger partial charge in [-0.25, -0.2) is 0 Å². The molecule has 0 spiro atoms. The Labute approximate surface area is 152 Å². The van der Waals surface area contributed by atoms with Crippen LogP contribution in [0, 0.1) is 0 Å². The van der Waals surface area contributed by atoms with Crippen LogP contribution < -0.4 is 5.73 Å². The van der Waals surface area contributed by atoms with Gasteiger partial charge in [-0.05, 0) is 38.2 Å². The van der Waals surface area contributed by atoms with Gasteiger partial charge in [0.1, 0.15) is 0 Å². The van der Waals surface area contributed by atoms with Gasteiger partial charge >= 0.3 is 0 Å². The van der Waals surface area contributed by atoms with Crippen LogP contribution >= 0.6 is 11.8 Å². The van der Waals surface area contributed by atoms with Crippen LogP contribution in [0.3, 0.4) is 0 Å². The second kappa shape index (κ2) is 7.88. The molecule has 0 saturated carbocycles. The van der Waals surface area contributed by atoms with Gasteiger partial charge in [-0.3, -0.25) is 4.79 Å². The Bertz CT molecular complexity index is 721. The number of hydrogen-bond acceptors (Lipinski definition) is 6. The smallest absolute Gasteiger partial charge is 0.233 e. The monoisotopic (exact) mass is 360 g/mol. The molecule has 1 amide bonds. The molecular weight excluding hydrogens is 336 g/mol. The molecule has 0 unspecified atom stereocenters. The Balaban J connectivity index is 1.67. The quantitative estimate of drug-likeness (QED) is 0.641. The van der Waals surface area contributed by atoms with Gasteiger partial charge in [0, 0.05) is 44.0 Å². The standard InChI is InChI=1S/C17H24N6OS/c1-3-23-16(13-4-6-14(18)7-5-13)19-20-17(23)25-12-15(24)22-10-8-21(2)9-11-22/h4-7H,3,8-12,18H2,1-2H3. The molecule has 0 aliphatic carbocycles. The minimum absolute atomic E-state index is 0.165. The first-order valence-corrected chi connectivity index (χ1v) is 9.45. The molecule has 3 rings (SSSR count). The van der Waals surface area contributed by atoms with Gasteiger partial charge < -0.3 is 20.1 Å². The van der Waals surface area contributed by atoms with Gasteiger partial charge in [-0.1, -0.05) is 11.8 Å². The van der Waals surface area contributed by atoms with E-state index in [0.29, 0.717) is 5.75 Å². The van der Waals surface area contributed by atoms with E-state index in [9.17, 15) is 4.79 Å². The number of carbonyl (C=O) groups excluding carboxylic acids is 1. The fourth-order valence-electron chi connectivity index (χ4n) is 2.80. The average Bonchev–Trinajstić information content (AvgIpc) is 3.04. The highest BCUT2D eigenvalue weighted by Gasteiger charge is 2.20. The molecule has 1 aliphatic rings. The number of thioether (sulfide) groups is 1. The number of rotatable bonds is 5. The van der Waals surface area contributed by atoms with Crippen molar-refractivity contribution in [3.05, 3.63) is 24.3 Å². The summed E-state index contributed by atoms with van der Waals surface area (Å²) in [6, 6.07) is 7.59. The van der Waals surface area contributed by atoms with Gasteiger partial charge in [-0.2, -0.15) is 0 Å². The summed E-state index contributed by atoms with van der Waals surface area (Å²) in [5.41, 5.74) is 7.44. The molecule has 1 aromatic heterocycles. The fraction of sp³-hybridized carbons (Fsp3) is 0.471. The SMILES string of the molecule is CCn1c(SCC(=O)N2CCN(C)CC2)nnc1-c1ccc(N)cc1. The van der Waals surface area contributed by atoms with E-state index in [1.807, 2.05) is 33.7 Å². The summed E-state index contributed by atoms with van der Waals surface area (Å²) in [5, 5.41) is 9.36. The van der Waals surface area contributed by atoms with Crippen molar-refractivity contribution in [2.45, 2.75) is 18.6 Å². The zero-order valence-electron chi connectivity index (χ0n) is 14.7. The van der Waals surface area contributed by atoms with Crippen LogP contribution in [0.25, 0.3) is 11.4 Å². The van der Waals surface area contributed by atoms with E-state index < -0.39 is 0 Å². The first-order chi connectivity index (χ1) is 12.1. The molecular formula is C17H24N6OS. The van der Waals surface area contributed by atoms with Gasteiger partial charge in [-0.15, -0.1) is 10.2 Å². The van der Waals surface area contributed by atoms with Crippen molar-refractivity contribution in [1.29, 1.82) is 0 Å². The third kappa shape index (κ3) is 4.13. The number of carbonyl (C=O) groups is 1. The van der Waals surface area contributed by atoms with E-state index in [1.165, 1.54) is 11.8 Å². The Morgan fingerprint density at radius 1 is 1.16 bits per heavy atom. The number of anilines is 1. The summed E-state index contributed by atoms with van der Waals surface area (Å²) < 4.78 is 2.04. The van der Waals surface area contributed by atoms with Gasteiger partial charge in [0.2, 0.25) is 5.91 Å². The highest BCUT2D eigenvalue weighted by molar-refractivity contribution is 7.99. The maximum atomic E-state index is 12.4. The largest absolute Gasteiger partial charge is 0.399 e. The summed E-state index contributed by atoms with van der Waals surface area (Å²) in [6.07, 6.45) is 0. The molecule has 0 atom stereocenters. The van der Waals surface area contributed by atoms with Crippen LogP contribution in [-0.4, -0.2) is 69.5 Å². The lowest BCUT2D eigenvalue weighted by Crippen LogP contribution is -2.47. The molecule has 7 nitrogen and oxygen atoms in total. The minimum Gasteiger partial charge on any atom is -0.399 e. The molecule has 1 saturated heterocycles. The fourth-order valence-corrected chi connectivity index (χ4v) is 3.70. The second-order valence-electron chi connectivity index (χ2n) is 6.15. The second-order valence-corrected chi connectivity index (χ2v) is 7.09. The normalized spacial score (nSPS) is 15.5. The van der Waals surface area contributed by atoms with Crippen molar-refractivity contribution in [3.63, 3.8) is 0 Å². The Morgan fingerprint density at radius 3 is 2.48 bits per heavy atom. The van der Waals surface area contributed by atoms with E-state index in [1.54, 1.807) is 0 Å². The van der Waals surface area contributed by atoms with Crippen LogP contribution in [0.5, 0.6) is 0 Å². The number of nitrogens with two attached hydrogens (primary N) is 1. The highest BCUT2D eigenvalue weighted by Crippen LogP contribution is 2.24. The lowest BCUT2D eigenvalue weighted by atomic mass is 10.2. The Hall–Kier alpha value is -2.06. The Kier molecular flexibility index (Phi) is 5.60. The van der Waals surface area contributed by atoms with Gasteiger partial charge in [0.25, 0.3) is 0 Å². The van der Waals surface area contributed by atoms with Crippen molar-refractivity contribution in [2.24, 2.45) is 0 Å². The average molecular weight is 360 g/mol. The number of likely N-dealkylation sites (N-methyl/N-ethyl adjacent to an activating group) is 1. The van der Waals surface area contributed by atoms with Crippen molar-refractivity contribution in [2.75, 3.05) is 44.7 Å². The first-order valence-electron chi connectivity index (χ1n) is 8.46. The molecule has 1 aliphatic heterocycles. The van der Waals surface area contributed by atoms with E-state index >= 15 is 0 Å². The molecule has 0 bridgehead atoms. The van der Waals surface area contributed by atoms with E-state index in [-0.39, 0.29) is 5.91 Å². The number of amides is 1. The van der Waals surface area contributed by atoms with E-state index in [4.69, 9.17) is 5.73 Å². The van der Waals surface area contributed by atoms with Crippen LogP contribution in [0.4, 0.5) is 5.69 Å². The molecule has 0 radical (unpaired) electrons. The summed E-state index contributed by atoms with van der Waals surface area (Å²) in [4.78, 5) is 16.6. The summed E-state index contributed by atoms with van der Waals surface area (Å²) in [7, 11) is 2.08. The van der Waals surface area contributed by atoms with Gasteiger partial charge in [0.05, 0.1) is 5.75 Å². The molecule has 1 aromatic carbocycles. The number of piperazine rings is 1. The molecule has 1 fully saturated rings. The van der Waals surface area contributed by atoms with Crippen molar-refractivity contribution in [1.82, 2.24) is 24.6 Å². The predicted octanol–water partition coefficient (Wildman–Crippen LogP) is 1.41. The molecule has 2 aromatic rings. The topological polar surface area (TPSA) is 80.3 Å². The van der Waals surface area contributed by atoms with Gasteiger partial charge in [0.15, 0.2) is 11.0 Å². The van der Waals surface area contributed by atoms with Crippen LogP contribution in [0.1, 0.15) is 6.92 Å². The summed E-state index contributed by atoms with van der Waals surface area (Å²) in [6.45, 7) is 6.26. The summed E-state index contributed by atoms with van der Waals surface area (Å²) >= 11 is 1.45. The number of nitrogens with zero attached hydrogens (tertiary/aromatic N) is 5. The maximum absolute atomic E-state index is 12.4. The molecule has 2 heterocycles. The highest BCUT2D eigenvalue weighted by atomic mass is 32.2. The van der Waals surface area contributed by atoms with Crippen molar-refractivity contribution in [3.8, 4) is 11.4 Å².